The smallest absolute Gasteiger partial charge is 0.274 e. The van der Waals surface area contributed by atoms with Gasteiger partial charge >= 0.3 is 0 Å². The van der Waals surface area contributed by atoms with Gasteiger partial charge in [0, 0.05) is 32.5 Å². The van der Waals surface area contributed by atoms with Gasteiger partial charge in [0.05, 0.1) is 36.2 Å². The minimum Gasteiger partial charge on any atom is -0.385 e. The Morgan fingerprint density at radius 2 is 1.92 bits per heavy atom. The van der Waals surface area contributed by atoms with Crippen LogP contribution >= 0.6 is 0 Å². The fourth-order valence-corrected chi connectivity index (χ4v) is 6.23. The van der Waals surface area contributed by atoms with Gasteiger partial charge < -0.3 is 30.0 Å². The van der Waals surface area contributed by atoms with E-state index in [0.29, 0.717) is 40.4 Å². The molecule has 36 heavy (non-hydrogen) atoms. The Morgan fingerprint density at radius 3 is 2.69 bits per heavy atom. The van der Waals surface area contributed by atoms with Crippen LogP contribution in [-0.2, 0) is 9.47 Å². The summed E-state index contributed by atoms with van der Waals surface area (Å²) < 4.78 is 14.9. The second-order valence-electron chi connectivity index (χ2n) is 10.2. The van der Waals surface area contributed by atoms with Gasteiger partial charge in [-0.25, -0.2) is 9.50 Å². The minimum atomic E-state index is -0.244. The first kappa shape index (κ1) is 21.8. The van der Waals surface area contributed by atoms with Crippen molar-refractivity contribution < 1.29 is 14.3 Å². The molecule has 5 heterocycles. The van der Waals surface area contributed by atoms with Crippen molar-refractivity contribution in [1.29, 1.82) is 0 Å². The molecule has 188 valence electrons. The van der Waals surface area contributed by atoms with Crippen LogP contribution in [0.5, 0.6) is 0 Å². The maximum absolute atomic E-state index is 13.3. The lowest BCUT2D eigenvalue weighted by atomic mass is 9.76. The van der Waals surface area contributed by atoms with Gasteiger partial charge in [0.2, 0.25) is 0 Å². The Hall–Kier alpha value is -3.44. The number of rotatable bonds is 6. The van der Waals surface area contributed by atoms with Crippen LogP contribution in [0, 0.1) is 11.8 Å². The highest BCUT2D eigenvalue weighted by molar-refractivity contribution is 5.94. The summed E-state index contributed by atoms with van der Waals surface area (Å²) in [6.07, 6.45) is 7.60. The van der Waals surface area contributed by atoms with Crippen molar-refractivity contribution in [3.8, 4) is 0 Å². The molecule has 0 radical (unpaired) electrons. The number of fused-ring (bicyclic) bond motifs is 3. The second-order valence-corrected chi connectivity index (χ2v) is 10.2. The highest BCUT2D eigenvalue weighted by Crippen LogP contribution is 2.45. The fourth-order valence-electron chi connectivity index (χ4n) is 6.23. The number of nitrogens with one attached hydrogen (secondary N) is 3. The lowest BCUT2D eigenvalue weighted by Crippen LogP contribution is -2.54. The van der Waals surface area contributed by atoms with Gasteiger partial charge in [0.15, 0.2) is 17.2 Å². The number of carbonyl (C=O) groups is 1. The molecule has 3 N–H and O–H groups in total. The highest BCUT2D eigenvalue weighted by atomic mass is 16.5. The molecule has 0 aromatic carbocycles. The molecule has 2 saturated carbocycles. The number of carbonyl (C=O) groups excluding carboxylic acids is 1. The zero-order valence-electron chi connectivity index (χ0n) is 20.0. The van der Waals surface area contributed by atoms with E-state index in [-0.39, 0.29) is 35.8 Å². The Kier molecular flexibility index (Phi) is 5.03. The highest BCUT2D eigenvalue weighted by Gasteiger charge is 2.47. The molecule has 3 aromatic heterocycles. The number of ether oxygens (including phenoxy) is 2. The first-order chi connectivity index (χ1) is 17.6. The van der Waals surface area contributed by atoms with Gasteiger partial charge in [-0.3, -0.25) is 9.59 Å². The largest absolute Gasteiger partial charge is 0.385 e. The van der Waals surface area contributed by atoms with E-state index in [1.165, 1.54) is 10.7 Å². The third-order valence-electron chi connectivity index (χ3n) is 8.28. The average Bonchev–Trinajstić information content (AvgIpc) is 3.56. The Bertz CT molecular complexity index is 1400. The van der Waals surface area contributed by atoms with Crippen molar-refractivity contribution in [3.63, 3.8) is 0 Å². The van der Waals surface area contributed by atoms with Crippen LogP contribution in [0.25, 0.3) is 5.65 Å². The number of nitrogens with zero attached hydrogens (tertiary/aromatic N) is 4. The molecule has 4 aliphatic rings. The molecule has 2 saturated heterocycles. The van der Waals surface area contributed by atoms with E-state index in [0.717, 1.165) is 38.9 Å². The molecule has 1 amide bonds. The zero-order chi connectivity index (χ0) is 24.4. The summed E-state index contributed by atoms with van der Waals surface area (Å²) in [5.74, 6) is 1.28. The molecule has 11 nitrogen and oxygen atoms in total. The summed E-state index contributed by atoms with van der Waals surface area (Å²) in [4.78, 5) is 30.8. The molecular weight excluding hydrogens is 462 g/mol. The van der Waals surface area contributed by atoms with Gasteiger partial charge in [-0.1, -0.05) is 0 Å². The number of anilines is 3. The van der Waals surface area contributed by atoms with Crippen LogP contribution in [0.1, 0.15) is 42.2 Å². The van der Waals surface area contributed by atoms with Crippen molar-refractivity contribution in [2.24, 2.45) is 11.8 Å². The van der Waals surface area contributed by atoms with Crippen molar-refractivity contribution in [2.45, 2.75) is 50.0 Å². The van der Waals surface area contributed by atoms with Gasteiger partial charge in [-0.05, 0) is 49.7 Å². The molecule has 7 rings (SSSR count). The van der Waals surface area contributed by atoms with Crippen molar-refractivity contribution >= 4 is 28.7 Å². The van der Waals surface area contributed by atoms with E-state index in [9.17, 15) is 9.59 Å². The summed E-state index contributed by atoms with van der Waals surface area (Å²) in [6.45, 7) is 1.53. The molecule has 2 aliphatic carbocycles. The first-order valence-corrected chi connectivity index (χ1v) is 12.7. The standard InChI is InChI=1S/C25H29N7O4/c1-26-17-11-20(28-15-3-2-6-31(25(15)34)18-10-14-5-8-36-22(14)18)30-32-19(12-27-23(17)32)24(33)29-16-9-13-4-7-35-21(13)16/h2-3,6,11-14,16,18,21-22,26H,4-5,7-10H2,1H3,(H,28,30)(H,29,33)/t13-,14-,16-,18-,21-,22-/m1/s1. The predicted octanol–water partition coefficient (Wildman–Crippen LogP) is 1.93. The molecule has 4 fully saturated rings. The van der Waals surface area contributed by atoms with Crippen LogP contribution in [0.4, 0.5) is 17.2 Å². The van der Waals surface area contributed by atoms with E-state index in [1.807, 2.05) is 12.3 Å². The number of imidazole rings is 1. The summed E-state index contributed by atoms with van der Waals surface area (Å²) in [5, 5.41) is 14.0. The Balaban J connectivity index is 1.17. The van der Waals surface area contributed by atoms with E-state index in [1.54, 1.807) is 23.7 Å². The minimum absolute atomic E-state index is 0.0124. The van der Waals surface area contributed by atoms with Crippen LogP contribution in [0.15, 0.2) is 35.4 Å². The fraction of sp³-hybridized carbons (Fsp3) is 0.520. The molecule has 0 spiro atoms. The maximum atomic E-state index is 13.3. The quantitative estimate of drug-likeness (QED) is 0.478. The maximum Gasteiger partial charge on any atom is 0.274 e. The zero-order valence-corrected chi connectivity index (χ0v) is 20.0. The van der Waals surface area contributed by atoms with Gasteiger partial charge in [0.1, 0.15) is 5.69 Å². The van der Waals surface area contributed by atoms with Crippen molar-refractivity contribution in [1.82, 2.24) is 24.5 Å². The van der Waals surface area contributed by atoms with E-state index in [4.69, 9.17) is 9.47 Å². The van der Waals surface area contributed by atoms with Crippen LogP contribution in [0.3, 0.4) is 0 Å². The number of aromatic nitrogens is 4. The first-order valence-electron chi connectivity index (χ1n) is 12.7. The van der Waals surface area contributed by atoms with Crippen LogP contribution < -0.4 is 21.5 Å². The van der Waals surface area contributed by atoms with Crippen molar-refractivity contribution in [2.75, 3.05) is 30.9 Å². The van der Waals surface area contributed by atoms with E-state index >= 15 is 0 Å². The summed E-state index contributed by atoms with van der Waals surface area (Å²) >= 11 is 0. The van der Waals surface area contributed by atoms with Crippen LogP contribution in [-0.4, -0.2) is 63.6 Å². The number of amides is 1. The van der Waals surface area contributed by atoms with Gasteiger partial charge in [0.25, 0.3) is 11.5 Å². The molecule has 0 unspecified atom stereocenters. The lowest BCUT2D eigenvalue weighted by Gasteiger charge is -2.40. The second kappa shape index (κ2) is 8.31. The van der Waals surface area contributed by atoms with Gasteiger partial charge in [-0.15, -0.1) is 5.10 Å². The molecule has 3 aromatic rings. The monoisotopic (exact) mass is 491 g/mol. The van der Waals surface area contributed by atoms with Crippen LogP contribution in [0.2, 0.25) is 0 Å². The number of hydrogen-bond acceptors (Lipinski definition) is 8. The summed E-state index contributed by atoms with van der Waals surface area (Å²) in [7, 11) is 1.78. The normalized spacial score (nSPS) is 30.2. The van der Waals surface area contributed by atoms with Gasteiger partial charge in [-0.2, -0.15) is 0 Å². The molecule has 6 atom stereocenters. The lowest BCUT2D eigenvalue weighted by molar-refractivity contribution is -0.0195. The number of hydrogen-bond donors (Lipinski definition) is 3. The molecular formula is C25H29N7O4. The van der Waals surface area contributed by atoms with E-state index < -0.39 is 0 Å². The third-order valence-corrected chi connectivity index (χ3v) is 8.28. The van der Waals surface area contributed by atoms with Crippen molar-refractivity contribution in [3.05, 3.63) is 46.6 Å². The Morgan fingerprint density at radius 1 is 1.11 bits per heavy atom. The number of pyridine rings is 1. The Labute approximate surface area is 207 Å². The third kappa shape index (κ3) is 3.33. The van der Waals surface area contributed by atoms with E-state index in [2.05, 4.69) is 26.0 Å². The summed E-state index contributed by atoms with van der Waals surface area (Å²) in [6, 6.07) is 5.46. The average molecular weight is 492 g/mol. The predicted molar refractivity (Wildman–Crippen MR) is 132 cm³/mol. The molecule has 11 heteroatoms. The molecule has 0 bridgehead atoms. The molecule has 2 aliphatic heterocycles. The topological polar surface area (TPSA) is 124 Å². The SMILES string of the molecule is CNc1cc(Nc2cccn([C@@H]3C[C@H]4CCO[C@H]43)c2=O)nn2c(C(=O)N[C@@H]3C[C@H]4CCO[C@H]43)cnc12. The summed E-state index contributed by atoms with van der Waals surface area (Å²) in [5.41, 5.74) is 1.84.